The molecule has 0 saturated carbocycles. The number of nitrogen functional groups attached to an aromatic ring is 1. The Morgan fingerprint density at radius 3 is 2.26 bits per heavy atom. The van der Waals surface area contributed by atoms with Crippen LogP contribution < -0.4 is 11.5 Å². The van der Waals surface area contributed by atoms with Gasteiger partial charge in [-0.05, 0) is 36.2 Å². The number of anilines is 1. The van der Waals surface area contributed by atoms with Crippen LogP contribution >= 0.6 is 0 Å². The van der Waals surface area contributed by atoms with Crippen LogP contribution in [0.1, 0.15) is 22.7 Å². The van der Waals surface area contributed by atoms with E-state index >= 15 is 0 Å². The van der Waals surface area contributed by atoms with Crippen LogP contribution in [0.5, 0.6) is 0 Å². The maximum atomic E-state index is 13.2. The van der Waals surface area contributed by atoms with E-state index in [4.69, 9.17) is 11.5 Å². The first-order chi connectivity index (χ1) is 8.90. The molecule has 1 atom stereocenters. The second-order valence-electron chi connectivity index (χ2n) is 4.26. The molecule has 0 amide bonds. The van der Waals surface area contributed by atoms with Crippen molar-refractivity contribution in [3.8, 4) is 0 Å². The summed E-state index contributed by atoms with van der Waals surface area (Å²) >= 11 is 0. The standard InChI is InChI=1S/C13H12F3N3/c1-6-2-8(13(18)19-5-6)12(17)7-3-9(14)11(16)10(15)4-7/h2-5,12H,17H2,1H3,(H2,18,19). The summed E-state index contributed by atoms with van der Waals surface area (Å²) in [5.41, 5.74) is 12.9. The summed E-state index contributed by atoms with van der Waals surface area (Å²) < 4.78 is 39.2. The first kappa shape index (κ1) is 13.4. The molecule has 4 N–H and O–H groups in total. The SMILES string of the molecule is Cc1cnc(N)c(C(N)c2cc(F)c(F)c(F)c2)c1. The second kappa shape index (κ2) is 4.89. The van der Waals surface area contributed by atoms with Crippen molar-refractivity contribution >= 4 is 5.82 Å². The molecule has 1 unspecified atom stereocenters. The second-order valence-corrected chi connectivity index (χ2v) is 4.26. The van der Waals surface area contributed by atoms with Crippen molar-refractivity contribution in [2.45, 2.75) is 13.0 Å². The van der Waals surface area contributed by atoms with Crippen LogP contribution in [0.2, 0.25) is 0 Å². The topological polar surface area (TPSA) is 64.9 Å². The van der Waals surface area contributed by atoms with Gasteiger partial charge >= 0.3 is 0 Å². The number of halogens is 3. The smallest absolute Gasteiger partial charge is 0.194 e. The summed E-state index contributed by atoms with van der Waals surface area (Å²) in [4.78, 5) is 3.92. The van der Waals surface area contributed by atoms with Gasteiger partial charge in [-0.2, -0.15) is 0 Å². The molecule has 0 bridgehead atoms. The number of rotatable bonds is 2. The Balaban J connectivity index is 2.49. The predicted octanol–water partition coefficient (Wildman–Crippen LogP) is 2.44. The van der Waals surface area contributed by atoms with Crippen LogP contribution in [0.4, 0.5) is 19.0 Å². The predicted molar refractivity (Wildman–Crippen MR) is 65.7 cm³/mol. The maximum absolute atomic E-state index is 13.2. The minimum atomic E-state index is -1.52. The van der Waals surface area contributed by atoms with Crippen molar-refractivity contribution in [3.05, 3.63) is 58.5 Å². The summed E-state index contributed by atoms with van der Waals surface area (Å²) in [6.45, 7) is 1.79. The molecular formula is C13H12F3N3. The fourth-order valence-corrected chi connectivity index (χ4v) is 1.79. The largest absolute Gasteiger partial charge is 0.383 e. The van der Waals surface area contributed by atoms with E-state index in [-0.39, 0.29) is 11.4 Å². The Hall–Kier alpha value is -2.08. The van der Waals surface area contributed by atoms with E-state index in [1.54, 1.807) is 19.2 Å². The number of nitrogens with zero attached hydrogens (tertiary/aromatic N) is 1. The van der Waals surface area contributed by atoms with Crippen LogP contribution in [0.25, 0.3) is 0 Å². The van der Waals surface area contributed by atoms with Gasteiger partial charge in [-0.3, -0.25) is 0 Å². The number of aromatic nitrogens is 1. The third kappa shape index (κ3) is 2.53. The van der Waals surface area contributed by atoms with Gasteiger partial charge in [0, 0.05) is 11.8 Å². The molecule has 0 spiro atoms. The number of benzene rings is 1. The molecule has 0 radical (unpaired) electrons. The van der Waals surface area contributed by atoms with Gasteiger partial charge in [0.2, 0.25) is 0 Å². The molecule has 19 heavy (non-hydrogen) atoms. The average molecular weight is 267 g/mol. The fraction of sp³-hybridized carbons (Fsp3) is 0.154. The molecule has 0 saturated heterocycles. The molecule has 100 valence electrons. The molecule has 2 aromatic rings. The third-order valence-electron chi connectivity index (χ3n) is 2.79. The quantitative estimate of drug-likeness (QED) is 0.821. The lowest BCUT2D eigenvalue weighted by Crippen LogP contribution is -2.16. The van der Waals surface area contributed by atoms with Crippen LogP contribution in [0.3, 0.4) is 0 Å². The van der Waals surface area contributed by atoms with E-state index in [1.807, 2.05) is 0 Å². The number of aryl methyl sites for hydroxylation is 1. The monoisotopic (exact) mass is 267 g/mol. The summed E-state index contributed by atoms with van der Waals surface area (Å²) in [7, 11) is 0. The van der Waals surface area contributed by atoms with E-state index in [2.05, 4.69) is 4.98 Å². The highest BCUT2D eigenvalue weighted by molar-refractivity contribution is 5.47. The molecule has 1 aromatic heterocycles. The van der Waals surface area contributed by atoms with Crippen molar-refractivity contribution in [3.63, 3.8) is 0 Å². The molecule has 0 aliphatic rings. The van der Waals surface area contributed by atoms with Crippen LogP contribution in [-0.4, -0.2) is 4.98 Å². The summed E-state index contributed by atoms with van der Waals surface area (Å²) in [5, 5.41) is 0. The minimum Gasteiger partial charge on any atom is -0.383 e. The van der Waals surface area contributed by atoms with E-state index in [9.17, 15) is 13.2 Å². The van der Waals surface area contributed by atoms with Gasteiger partial charge < -0.3 is 11.5 Å². The summed E-state index contributed by atoms with van der Waals surface area (Å²) in [6, 6.07) is 2.50. The number of hydrogen-bond acceptors (Lipinski definition) is 3. The zero-order valence-electron chi connectivity index (χ0n) is 10.1. The lowest BCUT2D eigenvalue weighted by atomic mass is 9.99. The van der Waals surface area contributed by atoms with Crippen molar-refractivity contribution in [2.24, 2.45) is 5.73 Å². The third-order valence-corrected chi connectivity index (χ3v) is 2.79. The zero-order valence-corrected chi connectivity index (χ0v) is 10.1. The van der Waals surface area contributed by atoms with Gasteiger partial charge in [0.1, 0.15) is 5.82 Å². The normalized spacial score (nSPS) is 12.5. The fourth-order valence-electron chi connectivity index (χ4n) is 1.79. The average Bonchev–Trinajstić information content (AvgIpc) is 2.37. The Morgan fingerprint density at radius 2 is 1.68 bits per heavy atom. The molecule has 3 nitrogen and oxygen atoms in total. The van der Waals surface area contributed by atoms with Crippen LogP contribution in [0, 0.1) is 24.4 Å². The molecule has 2 rings (SSSR count). The molecule has 0 fully saturated rings. The Kier molecular flexibility index (Phi) is 3.44. The van der Waals surface area contributed by atoms with E-state index in [1.165, 1.54) is 0 Å². The van der Waals surface area contributed by atoms with E-state index in [0.717, 1.165) is 17.7 Å². The Bertz CT molecular complexity index is 606. The highest BCUT2D eigenvalue weighted by atomic mass is 19.2. The lowest BCUT2D eigenvalue weighted by Gasteiger charge is -2.15. The lowest BCUT2D eigenvalue weighted by molar-refractivity contribution is 0.444. The molecule has 1 heterocycles. The Morgan fingerprint density at radius 1 is 1.11 bits per heavy atom. The van der Waals surface area contributed by atoms with Crippen LogP contribution in [-0.2, 0) is 0 Å². The van der Waals surface area contributed by atoms with Crippen LogP contribution in [0.15, 0.2) is 24.4 Å². The first-order valence-corrected chi connectivity index (χ1v) is 5.52. The van der Waals surface area contributed by atoms with Gasteiger partial charge in [0.05, 0.1) is 6.04 Å². The number of nitrogens with two attached hydrogens (primary N) is 2. The number of pyridine rings is 1. The van der Waals surface area contributed by atoms with E-state index < -0.39 is 23.5 Å². The highest BCUT2D eigenvalue weighted by Gasteiger charge is 2.18. The highest BCUT2D eigenvalue weighted by Crippen LogP contribution is 2.26. The summed E-state index contributed by atoms with van der Waals surface area (Å²) in [5.74, 6) is -3.93. The molecular weight excluding hydrogens is 255 g/mol. The molecule has 0 aliphatic carbocycles. The van der Waals surface area contributed by atoms with Gasteiger partial charge in [-0.25, -0.2) is 18.2 Å². The Labute approximate surface area is 108 Å². The zero-order chi connectivity index (χ0) is 14.2. The van der Waals surface area contributed by atoms with Crippen molar-refractivity contribution in [2.75, 3.05) is 5.73 Å². The van der Waals surface area contributed by atoms with Gasteiger partial charge in [0.25, 0.3) is 0 Å². The summed E-state index contributed by atoms with van der Waals surface area (Å²) in [6.07, 6.45) is 1.55. The number of hydrogen-bond donors (Lipinski definition) is 2. The minimum absolute atomic E-state index is 0.0931. The van der Waals surface area contributed by atoms with Gasteiger partial charge in [-0.15, -0.1) is 0 Å². The molecule has 6 heteroatoms. The van der Waals surface area contributed by atoms with Crippen molar-refractivity contribution in [1.82, 2.24) is 4.98 Å². The maximum Gasteiger partial charge on any atom is 0.194 e. The molecule has 1 aromatic carbocycles. The van der Waals surface area contributed by atoms with E-state index in [0.29, 0.717) is 5.56 Å². The van der Waals surface area contributed by atoms with Crippen molar-refractivity contribution < 1.29 is 13.2 Å². The van der Waals surface area contributed by atoms with Gasteiger partial charge in [-0.1, -0.05) is 0 Å². The molecule has 0 aliphatic heterocycles. The first-order valence-electron chi connectivity index (χ1n) is 5.52. The van der Waals surface area contributed by atoms with Crippen molar-refractivity contribution in [1.29, 1.82) is 0 Å². The van der Waals surface area contributed by atoms with Gasteiger partial charge in [0.15, 0.2) is 17.5 Å².